The van der Waals surface area contributed by atoms with Gasteiger partial charge in [-0.1, -0.05) is 30.3 Å². The molecular formula is C26H27N7O2S. The third-order valence-corrected chi connectivity index (χ3v) is 6.39. The zero-order chi connectivity index (χ0) is 25.4. The Hall–Kier alpha value is -4.31. The highest BCUT2D eigenvalue weighted by Crippen LogP contribution is 2.19. The summed E-state index contributed by atoms with van der Waals surface area (Å²) in [6.07, 6.45) is 5.55. The number of aromatic nitrogens is 3. The largest absolute Gasteiger partial charge is 0.370 e. The molecule has 36 heavy (non-hydrogen) atoms. The minimum Gasteiger partial charge on any atom is -0.370 e. The molecule has 0 aliphatic heterocycles. The van der Waals surface area contributed by atoms with Crippen LogP contribution in [0, 0.1) is 0 Å². The zero-order valence-corrected chi connectivity index (χ0v) is 20.8. The van der Waals surface area contributed by atoms with E-state index in [0.717, 1.165) is 17.7 Å². The number of nitrogens with zero attached hydrogens (tertiary/aromatic N) is 4. The first-order chi connectivity index (χ1) is 17.4. The number of para-hydroxylation sites is 1. The summed E-state index contributed by atoms with van der Waals surface area (Å²) >= 11 is 0. The van der Waals surface area contributed by atoms with Crippen LogP contribution in [0.3, 0.4) is 0 Å². The second kappa shape index (κ2) is 11.4. The second-order valence-corrected chi connectivity index (χ2v) is 10.1. The molecule has 0 spiro atoms. The van der Waals surface area contributed by atoms with Crippen LogP contribution >= 0.6 is 0 Å². The van der Waals surface area contributed by atoms with Gasteiger partial charge in [-0.25, -0.2) is 8.42 Å². The lowest BCUT2D eigenvalue weighted by Crippen LogP contribution is -2.10. The van der Waals surface area contributed by atoms with Gasteiger partial charge in [0.25, 0.3) is 0 Å². The summed E-state index contributed by atoms with van der Waals surface area (Å²) in [4.78, 5) is 13.4. The second-order valence-electron chi connectivity index (χ2n) is 8.09. The van der Waals surface area contributed by atoms with Gasteiger partial charge in [-0.05, 0) is 60.9 Å². The Kier molecular flexibility index (Phi) is 7.86. The Morgan fingerprint density at radius 2 is 1.61 bits per heavy atom. The molecule has 2 aromatic heterocycles. The topological polar surface area (TPSA) is 121 Å². The Morgan fingerprint density at radius 3 is 2.31 bits per heavy atom. The van der Waals surface area contributed by atoms with E-state index in [1.807, 2.05) is 49.4 Å². The van der Waals surface area contributed by atoms with Gasteiger partial charge < -0.3 is 10.6 Å². The highest BCUT2D eigenvalue weighted by molar-refractivity contribution is 7.90. The van der Waals surface area contributed by atoms with E-state index in [1.165, 1.54) is 11.8 Å². The van der Waals surface area contributed by atoms with Crippen LogP contribution in [0.25, 0.3) is 0 Å². The number of nitrogens with one attached hydrogen (secondary N) is 3. The number of pyridine rings is 1. The molecular weight excluding hydrogens is 474 g/mol. The standard InChI is InChI=1S/C26H27N7O2S/c1-19(21-8-10-23(11-9-21)36(2,34)35)32-33-25-18-24(28-17-14-20-12-15-27-16-13-20)30-26(31-25)29-22-6-4-3-5-7-22/h3-13,15-16,18H,14,17H2,1-2H3,(H3,28,29,30,31,33). The minimum absolute atomic E-state index is 0.266. The van der Waals surface area contributed by atoms with Crippen molar-refractivity contribution in [1.82, 2.24) is 15.0 Å². The van der Waals surface area contributed by atoms with Gasteiger partial charge in [0.15, 0.2) is 15.7 Å². The van der Waals surface area contributed by atoms with E-state index in [1.54, 1.807) is 42.7 Å². The number of benzene rings is 2. The quantitative estimate of drug-likeness (QED) is 0.214. The summed E-state index contributed by atoms with van der Waals surface area (Å²) in [6, 6.07) is 22.0. The maximum Gasteiger partial charge on any atom is 0.231 e. The lowest BCUT2D eigenvalue weighted by atomic mass is 10.1. The molecule has 0 aliphatic carbocycles. The molecule has 0 atom stereocenters. The average Bonchev–Trinajstić information content (AvgIpc) is 2.88. The molecule has 0 unspecified atom stereocenters. The fourth-order valence-corrected chi connectivity index (χ4v) is 3.97. The minimum atomic E-state index is -3.25. The van der Waals surface area contributed by atoms with E-state index < -0.39 is 9.84 Å². The first-order valence-corrected chi connectivity index (χ1v) is 13.2. The molecule has 0 radical (unpaired) electrons. The van der Waals surface area contributed by atoms with Gasteiger partial charge in [-0.2, -0.15) is 15.1 Å². The Bertz CT molecular complexity index is 1430. The van der Waals surface area contributed by atoms with Gasteiger partial charge in [0, 0.05) is 36.9 Å². The van der Waals surface area contributed by atoms with E-state index in [-0.39, 0.29) is 4.90 Å². The van der Waals surface area contributed by atoms with Crippen LogP contribution in [0.2, 0.25) is 0 Å². The van der Waals surface area contributed by atoms with Crippen LogP contribution in [0.5, 0.6) is 0 Å². The number of sulfone groups is 1. The number of rotatable bonds is 10. The molecule has 2 aromatic carbocycles. The van der Waals surface area contributed by atoms with Crippen molar-refractivity contribution in [1.29, 1.82) is 0 Å². The molecule has 10 heteroatoms. The van der Waals surface area contributed by atoms with Gasteiger partial charge >= 0.3 is 0 Å². The molecule has 0 bridgehead atoms. The molecule has 3 N–H and O–H groups in total. The maximum absolute atomic E-state index is 11.7. The summed E-state index contributed by atoms with van der Waals surface area (Å²) < 4.78 is 23.4. The molecule has 0 saturated heterocycles. The smallest absolute Gasteiger partial charge is 0.231 e. The summed E-state index contributed by atoms with van der Waals surface area (Å²) in [5.74, 6) is 1.57. The summed E-state index contributed by atoms with van der Waals surface area (Å²) in [6.45, 7) is 2.51. The third-order valence-electron chi connectivity index (χ3n) is 5.26. The number of hydrogen-bond acceptors (Lipinski definition) is 9. The van der Waals surface area contributed by atoms with E-state index in [0.29, 0.717) is 29.8 Å². The van der Waals surface area contributed by atoms with Crippen LogP contribution in [-0.4, -0.2) is 41.9 Å². The highest BCUT2D eigenvalue weighted by Gasteiger charge is 2.08. The Morgan fingerprint density at radius 1 is 0.917 bits per heavy atom. The van der Waals surface area contributed by atoms with Crippen LogP contribution < -0.4 is 16.1 Å². The Labute approximate surface area is 210 Å². The predicted molar refractivity (Wildman–Crippen MR) is 144 cm³/mol. The van der Waals surface area contributed by atoms with E-state index in [2.05, 4.69) is 36.1 Å². The van der Waals surface area contributed by atoms with Crippen LogP contribution in [0.1, 0.15) is 18.1 Å². The molecule has 0 fully saturated rings. The number of hydrogen-bond donors (Lipinski definition) is 3. The van der Waals surface area contributed by atoms with Gasteiger partial charge in [-0.15, -0.1) is 0 Å². The van der Waals surface area contributed by atoms with Gasteiger partial charge in [0.1, 0.15) is 5.82 Å². The molecule has 184 valence electrons. The van der Waals surface area contributed by atoms with Crippen molar-refractivity contribution < 1.29 is 8.42 Å². The van der Waals surface area contributed by atoms with Gasteiger partial charge in [-0.3, -0.25) is 10.4 Å². The van der Waals surface area contributed by atoms with Crippen LogP contribution in [-0.2, 0) is 16.3 Å². The monoisotopic (exact) mass is 501 g/mol. The fraction of sp³-hybridized carbons (Fsp3) is 0.154. The maximum atomic E-state index is 11.7. The molecule has 2 heterocycles. The predicted octanol–water partition coefficient (Wildman–Crippen LogP) is 4.51. The fourth-order valence-electron chi connectivity index (χ4n) is 3.33. The highest BCUT2D eigenvalue weighted by atomic mass is 32.2. The van der Waals surface area contributed by atoms with Crippen molar-refractivity contribution >= 4 is 38.8 Å². The van der Waals surface area contributed by atoms with E-state index >= 15 is 0 Å². The first kappa shape index (κ1) is 24.8. The zero-order valence-electron chi connectivity index (χ0n) is 20.0. The SMILES string of the molecule is CC(=NNc1cc(NCCc2ccncc2)nc(Nc2ccccc2)n1)c1ccc(S(C)(=O)=O)cc1. The Balaban J connectivity index is 1.51. The molecule has 0 aliphatic rings. The molecule has 4 aromatic rings. The molecule has 0 amide bonds. The van der Waals surface area contributed by atoms with E-state index in [9.17, 15) is 8.42 Å². The molecule has 0 saturated carbocycles. The third kappa shape index (κ3) is 7.09. The lowest BCUT2D eigenvalue weighted by Gasteiger charge is -2.11. The van der Waals surface area contributed by atoms with Gasteiger partial charge in [0.05, 0.1) is 10.6 Å². The molecule has 9 nitrogen and oxygen atoms in total. The summed E-state index contributed by atoms with van der Waals surface area (Å²) in [5.41, 5.74) is 6.51. The summed E-state index contributed by atoms with van der Waals surface area (Å²) in [5, 5.41) is 11.0. The number of anilines is 4. The van der Waals surface area contributed by atoms with Crippen LogP contribution in [0.4, 0.5) is 23.3 Å². The normalized spacial score (nSPS) is 11.7. The van der Waals surface area contributed by atoms with Crippen molar-refractivity contribution in [3.63, 3.8) is 0 Å². The summed E-state index contributed by atoms with van der Waals surface area (Å²) in [7, 11) is -3.25. The van der Waals surface area contributed by atoms with Crippen molar-refractivity contribution in [2.45, 2.75) is 18.2 Å². The lowest BCUT2D eigenvalue weighted by molar-refractivity contribution is 0.602. The van der Waals surface area contributed by atoms with Crippen molar-refractivity contribution in [2.75, 3.05) is 28.9 Å². The van der Waals surface area contributed by atoms with Gasteiger partial charge in [0.2, 0.25) is 5.95 Å². The van der Waals surface area contributed by atoms with E-state index in [4.69, 9.17) is 0 Å². The van der Waals surface area contributed by atoms with Crippen LogP contribution in [0.15, 0.2) is 95.2 Å². The first-order valence-electron chi connectivity index (χ1n) is 11.3. The van der Waals surface area contributed by atoms with Crippen molar-refractivity contribution in [2.24, 2.45) is 5.10 Å². The number of hydrazone groups is 1. The average molecular weight is 502 g/mol. The van der Waals surface area contributed by atoms with Crippen molar-refractivity contribution in [3.05, 3.63) is 96.3 Å². The van der Waals surface area contributed by atoms with Crippen molar-refractivity contribution in [3.8, 4) is 0 Å². The molecule has 4 rings (SSSR count).